The minimum Gasteiger partial charge on any atom is -0.198 e. The van der Waals surface area contributed by atoms with Gasteiger partial charge in [0, 0.05) is 0 Å². The molecule has 0 amide bonds. The van der Waals surface area contributed by atoms with E-state index in [2.05, 4.69) is 36.4 Å². The molecule has 0 saturated heterocycles. The van der Waals surface area contributed by atoms with E-state index in [1.54, 1.807) is 0 Å². The number of nitriles is 1. The SMILES string of the molecule is N#C[C@H](Cc1ccc2ccccc2c1)c1ccccc1. The normalized spacial score (nSPS) is 11.9. The van der Waals surface area contributed by atoms with Crippen molar-refractivity contribution in [3.63, 3.8) is 0 Å². The lowest BCUT2D eigenvalue weighted by Gasteiger charge is -2.10. The standard InChI is InChI=1S/C19H15N/c20-14-19(16-6-2-1-3-7-16)13-15-10-11-17-8-4-5-9-18(17)12-15/h1-12,19H,13H2/t19-/m0/s1. The highest BCUT2D eigenvalue weighted by Crippen LogP contribution is 2.23. The molecule has 0 aliphatic rings. The average Bonchev–Trinajstić information content (AvgIpc) is 2.53. The van der Waals surface area contributed by atoms with Gasteiger partial charge >= 0.3 is 0 Å². The van der Waals surface area contributed by atoms with Crippen LogP contribution >= 0.6 is 0 Å². The van der Waals surface area contributed by atoms with Crippen LogP contribution in [0.5, 0.6) is 0 Å². The van der Waals surface area contributed by atoms with Gasteiger partial charge < -0.3 is 0 Å². The van der Waals surface area contributed by atoms with Gasteiger partial charge in [-0.2, -0.15) is 5.26 Å². The van der Waals surface area contributed by atoms with E-state index in [4.69, 9.17) is 0 Å². The molecule has 0 unspecified atom stereocenters. The predicted octanol–water partition coefficient (Wildman–Crippen LogP) is 4.69. The fourth-order valence-electron chi connectivity index (χ4n) is 2.52. The van der Waals surface area contributed by atoms with Crippen molar-refractivity contribution in [2.24, 2.45) is 0 Å². The first-order valence-electron chi connectivity index (χ1n) is 6.79. The fraction of sp³-hybridized carbons (Fsp3) is 0.105. The van der Waals surface area contributed by atoms with E-state index in [1.165, 1.54) is 16.3 Å². The Kier molecular flexibility index (Phi) is 3.48. The van der Waals surface area contributed by atoms with Crippen molar-refractivity contribution in [2.45, 2.75) is 12.3 Å². The van der Waals surface area contributed by atoms with Crippen molar-refractivity contribution in [1.82, 2.24) is 0 Å². The van der Waals surface area contributed by atoms with Crippen molar-refractivity contribution in [3.05, 3.63) is 83.9 Å². The minimum absolute atomic E-state index is 0.0858. The summed E-state index contributed by atoms with van der Waals surface area (Å²) in [6.07, 6.45) is 0.755. The zero-order valence-corrected chi connectivity index (χ0v) is 11.2. The number of fused-ring (bicyclic) bond motifs is 1. The number of hydrogen-bond acceptors (Lipinski definition) is 1. The first kappa shape index (κ1) is 12.4. The first-order chi connectivity index (χ1) is 9.86. The van der Waals surface area contributed by atoms with Crippen LogP contribution in [0.1, 0.15) is 17.0 Å². The monoisotopic (exact) mass is 257 g/mol. The van der Waals surface area contributed by atoms with Gasteiger partial charge in [0.2, 0.25) is 0 Å². The first-order valence-corrected chi connectivity index (χ1v) is 6.79. The second-order valence-electron chi connectivity index (χ2n) is 4.98. The highest BCUT2D eigenvalue weighted by molar-refractivity contribution is 5.83. The van der Waals surface area contributed by atoms with Crippen LogP contribution in [0.15, 0.2) is 72.8 Å². The van der Waals surface area contributed by atoms with Crippen LogP contribution in [0.2, 0.25) is 0 Å². The van der Waals surface area contributed by atoms with Gasteiger partial charge in [-0.15, -0.1) is 0 Å². The lowest BCUT2D eigenvalue weighted by Crippen LogP contribution is -2.00. The molecule has 0 radical (unpaired) electrons. The lowest BCUT2D eigenvalue weighted by atomic mass is 9.92. The molecule has 3 rings (SSSR count). The molecule has 3 aromatic carbocycles. The molecule has 0 heterocycles. The summed E-state index contributed by atoms with van der Waals surface area (Å²) >= 11 is 0. The van der Waals surface area contributed by atoms with Gasteiger partial charge in [0.05, 0.1) is 12.0 Å². The molecule has 1 atom stereocenters. The summed E-state index contributed by atoms with van der Waals surface area (Å²) in [6.45, 7) is 0. The van der Waals surface area contributed by atoms with Crippen molar-refractivity contribution in [3.8, 4) is 6.07 Å². The second kappa shape index (κ2) is 5.59. The molecular formula is C19H15N. The summed E-state index contributed by atoms with van der Waals surface area (Å²) in [5.74, 6) is -0.0858. The zero-order valence-electron chi connectivity index (χ0n) is 11.2. The molecule has 1 nitrogen and oxygen atoms in total. The van der Waals surface area contributed by atoms with Crippen LogP contribution in [0.4, 0.5) is 0 Å². The third kappa shape index (κ3) is 2.55. The zero-order chi connectivity index (χ0) is 13.8. The van der Waals surface area contributed by atoms with Gasteiger partial charge in [-0.3, -0.25) is 0 Å². The van der Waals surface area contributed by atoms with E-state index in [1.807, 2.05) is 42.5 Å². The van der Waals surface area contributed by atoms with Gasteiger partial charge in [0.15, 0.2) is 0 Å². The van der Waals surface area contributed by atoms with Crippen molar-refractivity contribution in [2.75, 3.05) is 0 Å². The smallest absolute Gasteiger partial charge is 0.0753 e. The number of nitrogens with zero attached hydrogens (tertiary/aromatic N) is 1. The molecule has 20 heavy (non-hydrogen) atoms. The number of benzene rings is 3. The molecule has 0 bridgehead atoms. The summed E-state index contributed by atoms with van der Waals surface area (Å²) in [5, 5.41) is 11.9. The molecule has 0 aromatic heterocycles. The van der Waals surface area contributed by atoms with Crippen LogP contribution in [0.3, 0.4) is 0 Å². The van der Waals surface area contributed by atoms with E-state index in [9.17, 15) is 5.26 Å². The summed E-state index contributed by atoms with van der Waals surface area (Å²) in [7, 11) is 0. The van der Waals surface area contributed by atoms with E-state index < -0.39 is 0 Å². The maximum atomic E-state index is 9.40. The Morgan fingerprint density at radius 3 is 2.25 bits per heavy atom. The maximum Gasteiger partial charge on any atom is 0.0753 e. The Morgan fingerprint density at radius 1 is 0.800 bits per heavy atom. The maximum absolute atomic E-state index is 9.40. The Morgan fingerprint density at radius 2 is 1.50 bits per heavy atom. The van der Waals surface area contributed by atoms with Crippen LogP contribution in [0, 0.1) is 11.3 Å². The van der Waals surface area contributed by atoms with Gasteiger partial charge in [0.1, 0.15) is 0 Å². The van der Waals surface area contributed by atoms with Crippen molar-refractivity contribution >= 4 is 10.8 Å². The number of hydrogen-bond donors (Lipinski definition) is 0. The van der Waals surface area contributed by atoms with Gasteiger partial charge in [0.25, 0.3) is 0 Å². The Labute approximate surface area is 119 Å². The van der Waals surface area contributed by atoms with Crippen LogP contribution in [0.25, 0.3) is 10.8 Å². The van der Waals surface area contributed by atoms with E-state index in [-0.39, 0.29) is 5.92 Å². The highest BCUT2D eigenvalue weighted by atomic mass is 14.3. The van der Waals surface area contributed by atoms with E-state index >= 15 is 0 Å². The van der Waals surface area contributed by atoms with Crippen LogP contribution in [-0.4, -0.2) is 0 Å². The quantitative estimate of drug-likeness (QED) is 0.667. The van der Waals surface area contributed by atoms with Crippen LogP contribution < -0.4 is 0 Å². The summed E-state index contributed by atoms with van der Waals surface area (Å²) in [6, 6.07) is 27.2. The Hall–Kier alpha value is -2.59. The topological polar surface area (TPSA) is 23.8 Å². The largest absolute Gasteiger partial charge is 0.198 e. The van der Waals surface area contributed by atoms with Crippen molar-refractivity contribution in [1.29, 1.82) is 5.26 Å². The Bertz CT molecular complexity index is 753. The summed E-state index contributed by atoms with van der Waals surface area (Å²) in [5.41, 5.74) is 2.29. The molecule has 0 saturated carbocycles. The van der Waals surface area contributed by atoms with E-state index in [0.717, 1.165) is 12.0 Å². The number of rotatable bonds is 3. The van der Waals surface area contributed by atoms with E-state index in [0.29, 0.717) is 0 Å². The lowest BCUT2D eigenvalue weighted by molar-refractivity contribution is 0.850. The summed E-state index contributed by atoms with van der Waals surface area (Å²) in [4.78, 5) is 0. The minimum atomic E-state index is -0.0858. The third-order valence-electron chi connectivity index (χ3n) is 3.61. The third-order valence-corrected chi connectivity index (χ3v) is 3.61. The highest BCUT2D eigenvalue weighted by Gasteiger charge is 2.11. The average molecular weight is 257 g/mol. The molecular weight excluding hydrogens is 242 g/mol. The molecule has 0 spiro atoms. The predicted molar refractivity (Wildman–Crippen MR) is 82.4 cm³/mol. The van der Waals surface area contributed by atoms with Gasteiger partial charge in [-0.1, -0.05) is 72.8 Å². The summed E-state index contributed by atoms with van der Waals surface area (Å²) < 4.78 is 0. The van der Waals surface area contributed by atoms with Crippen molar-refractivity contribution < 1.29 is 0 Å². The Balaban J connectivity index is 1.90. The molecule has 1 heteroatoms. The van der Waals surface area contributed by atoms with Gasteiger partial charge in [-0.05, 0) is 28.3 Å². The molecule has 0 N–H and O–H groups in total. The van der Waals surface area contributed by atoms with Crippen LogP contribution in [-0.2, 0) is 6.42 Å². The fourth-order valence-corrected chi connectivity index (χ4v) is 2.52. The molecule has 3 aromatic rings. The molecule has 96 valence electrons. The molecule has 0 aliphatic heterocycles. The molecule has 0 aliphatic carbocycles. The molecule has 0 fully saturated rings. The van der Waals surface area contributed by atoms with Gasteiger partial charge in [-0.25, -0.2) is 0 Å². The second-order valence-corrected chi connectivity index (χ2v) is 4.98.